The summed E-state index contributed by atoms with van der Waals surface area (Å²) in [6.07, 6.45) is -4.46. The molecule has 2 amide bonds. The first-order valence-electron chi connectivity index (χ1n) is 9.70. The molecule has 8 radical (unpaired) electrons. The molecule has 2 heterocycles. The van der Waals surface area contributed by atoms with Crippen molar-refractivity contribution in [3.8, 4) is 0 Å². The third-order valence-corrected chi connectivity index (χ3v) is 5.45. The van der Waals surface area contributed by atoms with Crippen molar-refractivity contribution in [2.45, 2.75) is 55.2 Å². The van der Waals surface area contributed by atoms with Gasteiger partial charge in [-0.05, 0) is 31.5 Å². The Labute approximate surface area is 192 Å². The zero-order chi connectivity index (χ0) is 25.0. The third-order valence-electron chi connectivity index (χ3n) is 5.45. The number of halogens is 5. The average Bonchev–Trinajstić information content (AvgIpc) is 3.05. The molecule has 1 aliphatic heterocycles. The maximum Gasteiger partial charge on any atom is 0.416 e. The lowest BCUT2D eigenvalue weighted by atomic mass is 9.43. The molecule has 1 fully saturated rings. The second-order valence-electron chi connectivity index (χ2n) is 8.43. The van der Waals surface area contributed by atoms with Crippen LogP contribution in [0.25, 0.3) is 11.0 Å². The fourth-order valence-electron chi connectivity index (χ4n) is 3.19. The van der Waals surface area contributed by atoms with Crippen LogP contribution in [0.3, 0.4) is 0 Å². The first-order valence-corrected chi connectivity index (χ1v) is 9.70. The number of nitrogens with zero attached hydrogens (tertiary/aromatic N) is 2. The molecule has 1 aliphatic rings. The van der Waals surface area contributed by atoms with Crippen LogP contribution in [-0.2, 0) is 17.7 Å². The molecule has 1 aromatic heterocycles. The molecule has 0 aliphatic carbocycles. The largest absolute Gasteiger partial charge is 0.416 e. The number of aromatic amines is 1. The maximum atomic E-state index is 14.6. The Kier molecular flexibility index (Phi) is 6.14. The predicted molar refractivity (Wildman–Crippen MR) is 113 cm³/mol. The van der Waals surface area contributed by atoms with E-state index in [1.165, 1.54) is 18.2 Å². The first kappa shape index (κ1) is 25.5. The number of rotatable bonds is 6. The number of alkyl halides is 5. The highest BCUT2D eigenvalue weighted by molar-refractivity contribution is 6.48. The monoisotopic (exact) mass is 460 g/mol. The molecule has 6 nitrogen and oxygen atoms in total. The van der Waals surface area contributed by atoms with Gasteiger partial charge in [0.05, 0.1) is 49.0 Å². The summed E-state index contributed by atoms with van der Waals surface area (Å²) in [6, 6.07) is 3.46. The van der Waals surface area contributed by atoms with Crippen LogP contribution in [0.1, 0.15) is 25.2 Å². The van der Waals surface area contributed by atoms with E-state index in [4.69, 9.17) is 36.1 Å². The lowest BCUT2D eigenvalue weighted by Crippen LogP contribution is -2.82. The number of nitrogens with one attached hydrogen (secondary N) is 2. The van der Waals surface area contributed by atoms with Crippen LogP contribution in [0, 0.1) is 0 Å². The van der Waals surface area contributed by atoms with E-state index in [0.717, 1.165) is 13.8 Å². The molecule has 1 saturated heterocycles. The minimum absolute atomic E-state index is 0.0636. The smallest absolute Gasteiger partial charge is 0.366 e. The molecule has 0 bridgehead atoms. The number of H-pyrrole nitrogens is 1. The van der Waals surface area contributed by atoms with Gasteiger partial charge in [-0.25, -0.2) is 18.6 Å². The van der Waals surface area contributed by atoms with Gasteiger partial charge in [0.15, 0.2) is 5.60 Å². The van der Waals surface area contributed by atoms with Gasteiger partial charge in [0.25, 0.3) is 5.92 Å². The van der Waals surface area contributed by atoms with Gasteiger partial charge in [-0.3, -0.25) is 0 Å². The zero-order valence-electron chi connectivity index (χ0n) is 17.8. The Hall–Kier alpha value is -2.17. The number of benzene rings is 1. The van der Waals surface area contributed by atoms with Crippen LogP contribution in [-0.4, -0.2) is 87.3 Å². The Morgan fingerprint density at radius 2 is 1.79 bits per heavy atom. The Morgan fingerprint density at radius 3 is 2.39 bits per heavy atom. The van der Waals surface area contributed by atoms with Crippen LogP contribution in [0.4, 0.5) is 26.7 Å². The van der Waals surface area contributed by atoms with Gasteiger partial charge in [0.1, 0.15) is 5.82 Å². The number of carbonyl (C=O) groups excluding carboxylic acids is 1. The van der Waals surface area contributed by atoms with Crippen molar-refractivity contribution in [1.82, 2.24) is 20.2 Å². The standard InChI is InChI=1S/C18H17B4F5N4O2/c1-14(2,18(25,26)27)33-6-5-12-28-10-4-3-9(7-11(10)29-12)8-31-13(32)30-16(19,20)15(23,24)17(31,21)22/h3-4,7H,5-6,8H2,1-2H3,(H,28,29)(H,30,32). The summed E-state index contributed by atoms with van der Waals surface area (Å²) in [5.41, 5.74) is -1.04. The average molecular weight is 460 g/mol. The lowest BCUT2D eigenvalue weighted by molar-refractivity contribution is -0.263. The third kappa shape index (κ3) is 4.48. The fourth-order valence-corrected chi connectivity index (χ4v) is 3.19. The van der Waals surface area contributed by atoms with E-state index in [0.29, 0.717) is 27.3 Å². The quantitative estimate of drug-likeness (QED) is 0.509. The van der Waals surface area contributed by atoms with Gasteiger partial charge in [-0.1, -0.05) is 6.07 Å². The summed E-state index contributed by atoms with van der Waals surface area (Å²) in [4.78, 5) is 20.0. The van der Waals surface area contributed by atoms with Crippen LogP contribution >= 0.6 is 0 Å². The van der Waals surface area contributed by atoms with Crippen molar-refractivity contribution in [2.75, 3.05) is 6.61 Å². The van der Waals surface area contributed by atoms with Crippen LogP contribution in [0.15, 0.2) is 18.2 Å². The molecule has 15 heteroatoms. The van der Waals surface area contributed by atoms with E-state index >= 15 is 0 Å². The van der Waals surface area contributed by atoms with Crippen LogP contribution < -0.4 is 5.32 Å². The molecular weight excluding hydrogens is 442 g/mol. The van der Waals surface area contributed by atoms with E-state index in [1.54, 1.807) is 5.32 Å². The predicted octanol–water partition coefficient (Wildman–Crippen LogP) is 1.60. The zero-order valence-corrected chi connectivity index (χ0v) is 17.8. The lowest BCUT2D eigenvalue weighted by Gasteiger charge is -2.56. The van der Waals surface area contributed by atoms with E-state index < -0.39 is 41.0 Å². The first-order chi connectivity index (χ1) is 14.9. The van der Waals surface area contributed by atoms with Gasteiger partial charge in [-0.2, -0.15) is 13.2 Å². The molecule has 168 valence electrons. The molecule has 0 atom stereocenters. The van der Waals surface area contributed by atoms with Crippen molar-refractivity contribution in [3.63, 3.8) is 0 Å². The SMILES string of the molecule is [B]C1([B])NC(=O)N(Cc2ccc3nc(CCOC(C)(C)C(F)(F)F)[nH]c3c2)C([B])([B])C1(F)F. The summed E-state index contributed by atoms with van der Waals surface area (Å²) in [5.74, 6) is -3.74. The highest BCUT2D eigenvalue weighted by Crippen LogP contribution is 2.40. The number of hydrogen-bond donors (Lipinski definition) is 2. The highest BCUT2D eigenvalue weighted by atomic mass is 19.4. The highest BCUT2D eigenvalue weighted by Gasteiger charge is 2.62. The topological polar surface area (TPSA) is 70.2 Å². The molecular formula is C18H17B4F5N4O2. The second-order valence-corrected chi connectivity index (χ2v) is 8.43. The minimum atomic E-state index is -4.53. The number of amides is 2. The number of hydrogen-bond acceptors (Lipinski definition) is 3. The van der Waals surface area contributed by atoms with Crippen LogP contribution in [0.5, 0.6) is 0 Å². The summed E-state index contributed by atoms with van der Waals surface area (Å²) >= 11 is 0. The maximum absolute atomic E-state index is 14.6. The Balaban J connectivity index is 1.75. The number of imidazole rings is 1. The van der Waals surface area contributed by atoms with Crippen molar-refractivity contribution >= 4 is 48.4 Å². The molecule has 0 unspecified atom stereocenters. The van der Waals surface area contributed by atoms with Gasteiger partial charge in [-0.15, -0.1) is 0 Å². The normalized spacial score (nSPS) is 20.1. The van der Waals surface area contributed by atoms with E-state index in [1.807, 2.05) is 0 Å². The Morgan fingerprint density at radius 1 is 1.15 bits per heavy atom. The number of carbonyl (C=O) groups is 1. The summed E-state index contributed by atoms with van der Waals surface area (Å²) in [6.45, 7) is 1.18. The van der Waals surface area contributed by atoms with E-state index in [-0.39, 0.29) is 13.0 Å². The molecule has 2 aromatic rings. The van der Waals surface area contributed by atoms with Gasteiger partial charge in [0, 0.05) is 23.6 Å². The van der Waals surface area contributed by atoms with E-state index in [2.05, 4.69) is 9.97 Å². The van der Waals surface area contributed by atoms with Crippen molar-refractivity contribution in [3.05, 3.63) is 29.6 Å². The van der Waals surface area contributed by atoms with Gasteiger partial charge >= 0.3 is 12.2 Å². The summed E-state index contributed by atoms with van der Waals surface area (Å²) < 4.78 is 72.7. The molecule has 33 heavy (non-hydrogen) atoms. The van der Waals surface area contributed by atoms with E-state index in [9.17, 15) is 26.7 Å². The Bertz CT molecular complexity index is 1060. The molecule has 2 N–H and O–H groups in total. The van der Waals surface area contributed by atoms with Crippen molar-refractivity contribution in [2.24, 2.45) is 0 Å². The molecule has 1 aromatic carbocycles. The van der Waals surface area contributed by atoms with Crippen molar-refractivity contribution < 1.29 is 31.5 Å². The second kappa shape index (κ2) is 7.95. The number of ether oxygens (including phenoxy) is 1. The molecule has 0 spiro atoms. The molecule has 0 saturated carbocycles. The summed E-state index contributed by atoms with van der Waals surface area (Å²) in [5, 5.41) is -4.16. The van der Waals surface area contributed by atoms with Gasteiger partial charge in [0.2, 0.25) is 0 Å². The van der Waals surface area contributed by atoms with Crippen LogP contribution in [0.2, 0.25) is 0 Å². The minimum Gasteiger partial charge on any atom is -0.366 e. The number of aromatic nitrogens is 2. The molecule has 3 rings (SSSR count). The summed E-state index contributed by atoms with van der Waals surface area (Å²) in [7, 11) is 21.7. The number of fused-ring (bicyclic) bond motifs is 1. The van der Waals surface area contributed by atoms with Gasteiger partial charge < -0.3 is 19.9 Å². The fraction of sp³-hybridized carbons (Fsp3) is 0.556. The number of urea groups is 1. The van der Waals surface area contributed by atoms with Crippen molar-refractivity contribution in [1.29, 1.82) is 0 Å².